The molecule has 2 aromatic carbocycles. The van der Waals surface area contributed by atoms with Gasteiger partial charge in [-0.2, -0.15) is 0 Å². The van der Waals surface area contributed by atoms with E-state index in [2.05, 4.69) is 29.6 Å². The minimum atomic E-state index is -0.597. The fourth-order valence-electron chi connectivity index (χ4n) is 4.67. The summed E-state index contributed by atoms with van der Waals surface area (Å²) in [5.74, 6) is -0.175. The molecular weight excluding hydrogens is 420 g/mol. The molecule has 2 aromatic rings. The van der Waals surface area contributed by atoms with Crippen LogP contribution in [0.25, 0.3) is 11.1 Å². The molecule has 7 heteroatoms. The van der Waals surface area contributed by atoms with Crippen LogP contribution in [0.2, 0.25) is 0 Å². The summed E-state index contributed by atoms with van der Waals surface area (Å²) in [5, 5.41) is 12.6. The van der Waals surface area contributed by atoms with Gasteiger partial charge in [-0.3, -0.25) is 0 Å². The lowest BCUT2D eigenvalue weighted by Gasteiger charge is -2.38. The molecule has 4 rings (SSSR count). The Bertz CT molecular complexity index is 970. The van der Waals surface area contributed by atoms with Gasteiger partial charge in [0.15, 0.2) is 0 Å². The van der Waals surface area contributed by atoms with Gasteiger partial charge in [0.05, 0.1) is 6.04 Å². The number of hydrogen-bond acceptors (Lipinski definition) is 5. The van der Waals surface area contributed by atoms with Crippen molar-refractivity contribution < 1.29 is 24.2 Å². The number of carbonyl (C=O) groups is 2. The molecule has 33 heavy (non-hydrogen) atoms. The fraction of sp³-hybridized carbons (Fsp3) is 0.462. The van der Waals surface area contributed by atoms with Crippen molar-refractivity contribution in [3.63, 3.8) is 0 Å². The van der Waals surface area contributed by atoms with Crippen LogP contribution in [0.5, 0.6) is 0 Å². The van der Waals surface area contributed by atoms with Crippen LogP contribution in [0.4, 0.5) is 9.59 Å². The van der Waals surface area contributed by atoms with E-state index in [4.69, 9.17) is 9.47 Å². The monoisotopic (exact) mass is 452 g/mol. The number of amides is 2. The Kier molecular flexibility index (Phi) is 6.61. The van der Waals surface area contributed by atoms with Gasteiger partial charge < -0.3 is 24.8 Å². The molecule has 2 aliphatic rings. The van der Waals surface area contributed by atoms with Crippen LogP contribution in [0, 0.1) is 5.92 Å². The number of rotatable bonds is 4. The van der Waals surface area contributed by atoms with Crippen molar-refractivity contribution >= 4 is 12.2 Å². The molecule has 1 saturated heterocycles. The second-order valence-electron chi connectivity index (χ2n) is 9.73. The van der Waals surface area contributed by atoms with Crippen LogP contribution < -0.4 is 5.32 Å². The van der Waals surface area contributed by atoms with Gasteiger partial charge in [0.1, 0.15) is 12.2 Å². The highest BCUT2D eigenvalue weighted by Gasteiger charge is 2.35. The van der Waals surface area contributed by atoms with Crippen LogP contribution >= 0.6 is 0 Å². The molecule has 176 valence electrons. The third kappa shape index (κ3) is 5.14. The van der Waals surface area contributed by atoms with Gasteiger partial charge in [-0.25, -0.2) is 9.59 Å². The van der Waals surface area contributed by atoms with E-state index in [9.17, 15) is 14.7 Å². The highest BCUT2D eigenvalue weighted by molar-refractivity contribution is 5.79. The summed E-state index contributed by atoms with van der Waals surface area (Å²) in [4.78, 5) is 26.8. The lowest BCUT2D eigenvalue weighted by molar-refractivity contribution is 0.00955. The van der Waals surface area contributed by atoms with Crippen molar-refractivity contribution in [2.45, 2.75) is 44.8 Å². The van der Waals surface area contributed by atoms with Gasteiger partial charge in [0, 0.05) is 31.5 Å². The summed E-state index contributed by atoms with van der Waals surface area (Å²) in [6, 6.07) is 15.9. The zero-order valence-corrected chi connectivity index (χ0v) is 19.4. The predicted molar refractivity (Wildman–Crippen MR) is 125 cm³/mol. The summed E-state index contributed by atoms with van der Waals surface area (Å²) in [6.45, 7) is 6.34. The molecule has 2 unspecified atom stereocenters. The Balaban J connectivity index is 1.39. The summed E-state index contributed by atoms with van der Waals surface area (Å²) in [7, 11) is 0. The highest BCUT2D eigenvalue weighted by atomic mass is 16.6. The number of nitrogens with zero attached hydrogens (tertiary/aromatic N) is 1. The summed E-state index contributed by atoms with van der Waals surface area (Å²) < 4.78 is 11.1. The number of alkyl carbamates (subject to hydrolysis) is 1. The van der Waals surface area contributed by atoms with E-state index in [-0.39, 0.29) is 31.6 Å². The number of aliphatic hydroxyl groups is 1. The number of aliphatic hydroxyl groups excluding tert-OH is 1. The van der Waals surface area contributed by atoms with Gasteiger partial charge in [-0.15, -0.1) is 0 Å². The first-order valence-corrected chi connectivity index (χ1v) is 11.5. The number of benzene rings is 2. The van der Waals surface area contributed by atoms with Crippen LogP contribution in [0.15, 0.2) is 48.5 Å². The maximum Gasteiger partial charge on any atom is 0.410 e. The van der Waals surface area contributed by atoms with Gasteiger partial charge in [-0.05, 0) is 49.4 Å². The molecule has 0 aromatic heterocycles. The smallest absolute Gasteiger partial charge is 0.410 e. The van der Waals surface area contributed by atoms with E-state index in [1.165, 1.54) is 11.1 Å². The molecule has 0 spiro atoms. The van der Waals surface area contributed by atoms with E-state index in [1.807, 2.05) is 45.0 Å². The Morgan fingerprint density at radius 3 is 2.24 bits per heavy atom. The Morgan fingerprint density at radius 1 is 1.06 bits per heavy atom. The molecular formula is C26H32N2O5. The summed E-state index contributed by atoms with van der Waals surface area (Å²) in [6.07, 6.45) is -0.395. The summed E-state index contributed by atoms with van der Waals surface area (Å²) >= 11 is 0. The molecule has 0 radical (unpaired) electrons. The molecule has 0 bridgehead atoms. The molecule has 2 amide bonds. The number of nitrogens with one attached hydrogen (secondary N) is 1. The number of piperidine rings is 1. The van der Waals surface area contributed by atoms with E-state index < -0.39 is 23.8 Å². The molecule has 2 N–H and O–H groups in total. The number of fused-ring (bicyclic) bond motifs is 3. The van der Waals surface area contributed by atoms with Crippen molar-refractivity contribution in [2.24, 2.45) is 5.92 Å². The second kappa shape index (κ2) is 9.43. The van der Waals surface area contributed by atoms with Gasteiger partial charge in [-0.1, -0.05) is 48.5 Å². The number of hydrogen-bond donors (Lipinski definition) is 2. The van der Waals surface area contributed by atoms with Crippen molar-refractivity contribution in [1.82, 2.24) is 10.2 Å². The largest absolute Gasteiger partial charge is 0.449 e. The average Bonchev–Trinajstić information content (AvgIpc) is 3.10. The molecule has 2 atom stereocenters. The topological polar surface area (TPSA) is 88.1 Å². The standard InChI is InChI=1S/C26H32N2O5/c1-26(2,3)33-25(31)28-13-12-17(15-29)23(14-28)27-24(30)32-16-22-20-10-6-4-8-18(20)19-9-5-7-11-21(19)22/h4-11,17,22-23,29H,12-16H2,1-3H3,(H,27,30). The van der Waals surface area contributed by atoms with Gasteiger partial charge in [0.25, 0.3) is 0 Å². The van der Waals surface area contributed by atoms with E-state index >= 15 is 0 Å². The van der Waals surface area contributed by atoms with E-state index in [0.717, 1.165) is 11.1 Å². The number of ether oxygens (including phenoxy) is 2. The molecule has 0 saturated carbocycles. The zero-order chi connectivity index (χ0) is 23.6. The fourth-order valence-corrected chi connectivity index (χ4v) is 4.67. The zero-order valence-electron chi connectivity index (χ0n) is 19.4. The maximum absolute atomic E-state index is 12.7. The Labute approximate surface area is 194 Å². The summed E-state index contributed by atoms with van der Waals surface area (Å²) in [5.41, 5.74) is 4.04. The van der Waals surface area contributed by atoms with Crippen molar-refractivity contribution in [3.05, 3.63) is 59.7 Å². The van der Waals surface area contributed by atoms with Gasteiger partial charge in [0.2, 0.25) is 0 Å². The number of likely N-dealkylation sites (tertiary alicyclic amines) is 1. The molecule has 1 heterocycles. The van der Waals surface area contributed by atoms with Crippen LogP contribution in [0.3, 0.4) is 0 Å². The number of carbonyl (C=O) groups excluding carboxylic acids is 2. The molecule has 1 fully saturated rings. The normalized spacial score (nSPS) is 20.1. The molecule has 1 aliphatic carbocycles. The van der Waals surface area contributed by atoms with Crippen molar-refractivity contribution in [3.8, 4) is 11.1 Å². The van der Waals surface area contributed by atoms with Crippen LogP contribution in [0.1, 0.15) is 44.2 Å². The van der Waals surface area contributed by atoms with E-state index in [1.54, 1.807) is 4.90 Å². The van der Waals surface area contributed by atoms with Gasteiger partial charge >= 0.3 is 12.2 Å². The third-order valence-corrected chi connectivity index (χ3v) is 6.29. The van der Waals surface area contributed by atoms with Crippen LogP contribution in [-0.4, -0.2) is 60.1 Å². The Morgan fingerprint density at radius 2 is 1.67 bits per heavy atom. The highest BCUT2D eigenvalue weighted by Crippen LogP contribution is 2.44. The predicted octanol–water partition coefficient (Wildman–Crippen LogP) is 4.14. The Hall–Kier alpha value is -3.06. The lowest BCUT2D eigenvalue weighted by Crippen LogP contribution is -2.55. The quantitative estimate of drug-likeness (QED) is 0.728. The SMILES string of the molecule is CC(C)(C)OC(=O)N1CCC(CO)C(NC(=O)OCC2c3ccccc3-c3ccccc32)C1. The first-order valence-electron chi connectivity index (χ1n) is 11.5. The van der Waals surface area contributed by atoms with Crippen molar-refractivity contribution in [1.29, 1.82) is 0 Å². The maximum atomic E-state index is 12.7. The van der Waals surface area contributed by atoms with E-state index in [0.29, 0.717) is 13.0 Å². The first-order chi connectivity index (χ1) is 15.8. The second-order valence-corrected chi connectivity index (χ2v) is 9.73. The van der Waals surface area contributed by atoms with Crippen LogP contribution in [-0.2, 0) is 9.47 Å². The average molecular weight is 453 g/mol. The molecule has 1 aliphatic heterocycles. The van der Waals surface area contributed by atoms with Crippen molar-refractivity contribution in [2.75, 3.05) is 26.3 Å². The third-order valence-electron chi connectivity index (χ3n) is 6.29. The lowest BCUT2D eigenvalue weighted by atomic mass is 9.92. The molecule has 7 nitrogen and oxygen atoms in total. The minimum Gasteiger partial charge on any atom is -0.449 e. The first kappa shape index (κ1) is 23.1. The minimum absolute atomic E-state index is 0.0265.